The van der Waals surface area contributed by atoms with Gasteiger partial charge in [-0.15, -0.1) is 0 Å². The van der Waals surface area contributed by atoms with Crippen LogP contribution in [0.2, 0.25) is 0 Å². The van der Waals surface area contributed by atoms with Crippen LogP contribution in [0.25, 0.3) is 0 Å². The number of rotatable bonds is 5. The highest BCUT2D eigenvalue weighted by atomic mass is 15.3. The van der Waals surface area contributed by atoms with E-state index in [4.69, 9.17) is 0 Å². The third kappa shape index (κ3) is 3.37. The van der Waals surface area contributed by atoms with Crippen LogP contribution in [0.15, 0.2) is 0 Å². The van der Waals surface area contributed by atoms with Crippen LogP contribution in [0.1, 0.15) is 52.4 Å². The number of nitrogens with one attached hydrogen (secondary N) is 1. The van der Waals surface area contributed by atoms with E-state index in [0.717, 1.165) is 6.04 Å². The smallest absolute Gasteiger partial charge is 0.0224 e. The van der Waals surface area contributed by atoms with Gasteiger partial charge in [-0.1, -0.05) is 26.7 Å². The topological polar surface area (TPSA) is 18.5 Å². The Morgan fingerprint density at radius 3 is 2.65 bits per heavy atom. The van der Waals surface area contributed by atoms with Crippen molar-refractivity contribution in [2.45, 2.75) is 64.5 Å². The molecule has 3 nitrogen and oxygen atoms in total. The Morgan fingerprint density at radius 1 is 1.10 bits per heavy atom. The molecule has 2 heterocycles. The first-order chi connectivity index (χ1) is 9.67. The Hall–Kier alpha value is -0.120. The van der Waals surface area contributed by atoms with E-state index in [-0.39, 0.29) is 0 Å². The first-order valence-corrected chi connectivity index (χ1v) is 8.87. The standard InChI is InChI=1S/C17H33N3/c1-15(2)18-13-17(7-3-4-8-17)14-19-10-11-20-9-5-6-16(20)12-19/h15-16,18H,3-14H2,1-2H3. The van der Waals surface area contributed by atoms with E-state index >= 15 is 0 Å². The van der Waals surface area contributed by atoms with Crippen LogP contribution in [0.4, 0.5) is 0 Å². The summed E-state index contributed by atoms with van der Waals surface area (Å²) >= 11 is 0. The maximum absolute atomic E-state index is 3.73. The summed E-state index contributed by atoms with van der Waals surface area (Å²) in [7, 11) is 0. The number of fused-ring (bicyclic) bond motifs is 1. The van der Waals surface area contributed by atoms with Gasteiger partial charge in [0.05, 0.1) is 0 Å². The molecule has 0 amide bonds. The Bertz CT molecular complexity index is 309. The van der Waals surface area contributed by atoms with E-state index in [0.29, 0.717) is 11.5 Å². The maximum Gasteiger partial charge on any atom is 0.0224 e. The van der Waals surface area contributed by atoms with Gasteiger partial charge >= 0.3 is 0 Å². The molecule has 0 aromatic carbocycles. The molecule has 20 heavy (non-hydrogen) atoms. The van der Waals surface area contributed by atoms with Crippen molar-refractivity contribution in [2.24, 2.45) is 5.41 Å². The monoisotopic (exact) mass is 279 g/mol. The molecule has 3 aliphatic rings. The predicted molar refractivity (Wildman–Crippen MR) is 85.1 cm³/mol. The number of hydrogen-bond donors (Lipinski definition) is 1. The fraction of sp³-hybridized carbons (Fsp3) is 1.00. The maximum atomic E-state index is 3.73. The summed E-state index contributed by atoms with van der Waals surface area (Å²) in [5.74, 6) is 0. The number of hydrogen-bond acceptors (Lipinski definition) is 3. The summed E-state index contributed by atoms with van der Waals surface area (Å²) in [6.45, 7) is 12.5. The molecule has 1 saturated carbocycles. The fourth-order valence-electron chi connectivity index (χ4n) is 4.61. The Kier molecular flexibility index (Phi) is 4.68. The molecule has 3 fully saturated rings. The summed E-state index contributed by atoms with van der Waals surface area (Å²) in [6.07, 6.45) is 8.65. The lowest BCUT2D eigenvalue weighted by Gasteiger charge is -2.42. The molecule has 0 radical (unpaired) electrons. The molecule has 1 aliphatic carbocycles. The molecule has 0 bridgehead atoms. The lowest BCUT2D eigenvalue weighted by atomic mass is 9.84. The highest BCUT2D eigenvalue weighted by Crippen LogP contribution is 2.39. The summed E-state index contributed by atoms with van der Waals surface area (Å²) in [4.78, 5) is 5.52. The van der Waals surface area contributed by atoms with E-state index in [1.807, 2.05) is 0 Å². The van der Waals surface area contributed by atoms with Crippen molar-refractivity contribution >= 4 is 0 Å². The quantitative estimate of drug-likeness (QED) is 0.833. The van der Waals surface area contributed by atoms with Crippen molar-refractivity contribution in [3.63, 3.8) is 0 Å². The van der Waals surface area contributed by atoms with Crippen LogP contribution in [-0.2, 0) is 0 Å². The SMILES string of the molecule is CC(C)NCC1(CN2CCN3CCCC3C2)CCCC1. The second kappa shape index (κ2) is 6.33. The van der Waals surface area contributed by atoms with Crippen molar-refractivity contribution in [1.29, 1.82) is 0 Å². The summed E-state index contributed by atoms with van der Waals surface area (Å²) in [5, 5.41) is 3.73. The summed E-state index contributed by atoms with van der Waals surface area (Å²) in [5.41, 5.74) is 0.574. The van der Waals surface area contributed by atoms with Crippen molar-refractivity contribution in [2.75, 3.05) is 39.3 Å². The van der Waals surface area contributed by atoms with E-state index in [9.17, 15) is 0 Å². The molecule has 1 N–H and O–H groups in total. The van der Waals surface area contributed by atoms with E-state index in [2.05, 4.69) is 29.0 Å². The lowest BCUT2D eigenvalue weighted by Crippen LogP contribution is -2.54. The summed E-state index contributed by atoms with van der Waals surface area (Å²) < 4.78 is 0. The van der Waals surface area contributed by atoms with Gasteiger partial charge in [-0.2, -0.15) is 0 Å². The third-order valence-electron chi connectivity index (χ3n) is 5.78. The third-order valence-corrected chi connectivity index (χ3v) is 5.78. The Labute approximate surface area is 125 Å². The van der Waals surface area contributed by atoms with E-state index in [1.165, 1.54) is 77.8 Å². The van der Waals surface area contributed by atoms with Gasteiger partial charge in [0.25, 0.3) is 0 Å². The molecule has 3 rings (SSSR count). The van der Waals surface area contributed by atoms with Gasteiger partial charge in [0, 0.05) is 44.8 Å². The second-order valence-corrected chi connectivity index (χ2v) is 7.81. The van der Waals surface area contributed by atoms with Crippen molar-refractivity contribution < 1.29 is 0 Å². The Morgan fingerprint density at radius 2 is 1.90 bits per heavy atom. The van der Waals surface area contributed by atoms with Gasteiger partial charge in [-0.25, -0.2) is 0 Å². The zero-order chi connectivity index (χ0) is 14.0. The molecule has 1 atom stereocenters. The molecule has 0 aromatic heterocycles. The van der Waals surface area contributed by atoms with E-state index < -0.39 is 0 Å². The Balaban J connectivity index is 1.56. The largest absolute Gasteiger partial charge is 0.314 e. The van der Waals surface area contributed by atoms with Gasteiger partial charge < -0.3 is 5.32 Å². The average Bonchev–Trinajstić information content (AvgIpc) is 3.05. The molecule has 3 heteroatoms. The van der Waals surface area contributed by atoms with Crippen LogP contribution in [-0.4, -0.2) is 61.2 Å². The first-order valence-electron chi connectivity index (χ1n) is 8.87. The first kappa shape index (κ1) is 14.8. The minimum Gasteiger partial charge on any atom is -0.314 e. The average molecular weight is 279 g/mol. The van der Waals surface area contributed by atoms with Crippen LogP contribution >= 0.6 is 0 Å². The van der Waals surface area contributed by atoms with Crippen molar-refractivity contribution in [3.05, 3.63) is 0 Å². The highest BCUT2D eigenvalue weighted by molar-refractivity contribution is 4.93. The van der Waals surface area contributed by atoms with Gasteiger partial charge in [0.2, 0.25) is 0 Å². The van der Waals surface area contributed by atoms with Crippen molar-refractivity contribution in [3.8, 4) is 0 Å². The molecule has 1 unspecified atom stereocenters. The summed E-state index contributed by atoms with van der Waals surface area (Å²) in [6, 6.07) is 1.50. The fourth-order valence-corrected chi connectivity index (χ4v) is 4.61. The molecule has 2 saturated heterocycles. The zero-order valence-electron chi connectivity index (χ0n) is 13.5. The number of nitrogens with zero attached hydrogens (tertiary/aromatic N) is 2. The highest BCUT2D eigenvalue weighted by Gasteiger charge is 2.38. The van der Waals surface area contributed by atoms with Gasteiger partial charge in [0.1, 0.15) is 0 Å². The molecule has 2 aliphatic heterocycles. The molecular formula is C17H33N3. The minimum absolute atomic E-state index is 0.574. The number of piperazine rings is 1. The molecule has 116 valence electrons. The molecule has 0 aromatic rings. The lowest BCUT2D eigenvalue weighted by molar-refractivity contribution is 0.0643. The van der Waals surface area contributed by atoms with Crippen LogP contribution in [0, 0.1) is 5.41 Å². The normalized spacial score (nSPS) is 31.1. The van der Waals surface area contributed by atoms with Crippen LogP contribution in [0.5, 0.6) is 0 Å². The second-order valence-electron chi connectivity index (χ2n) is 7.81. The van der Waals surface area contributed by atoms with Crippen molar-refractivity contribution in [1.82, 2.24) is 15.1 Å². The predicted octanol–water partition coefficient (Wildman–Crippen LogP) is 2.32. The van der Waals surface area contributed by atoms with Gasteiger partial charge in [-0.3, -0.25) is 9.80 Å². The van der Waals surface area contributed by atoms with E-state index in [1.54, 1.807) is 0 Å². The minimum atomic E-state index is 0.574. The van der Waals surface area contributed by atoms with Gasteiger partial charge in [0.15, 0.2) is 0 Å². The molecular weight excluding hydrogens is 246 g/mol. The molecule has 0 spiro atoms. The van der Waals surface area contributed by atoms with Crippen LogP contribution in [0.3, 0.4) is 0 Å². The van der Waals surface area contributed by atoms with Gasteiger partial charge in [-0.05, 0) is 37.6 Å². The van der Waals surface area contributed by atoms with Crippen LogP contribution < -0.4 is 5.32 Å². The zero-order valence-corrected chi connectivity index (χ0v) is 13.5.